The monoisotopic (exact) mass is 460 g/mol. The van der Waals surface area contributed by atoms with E-state index in [0.29, 0.717) is 15.6 Å². The molecule has 5 rings (SSSR count). The zero-order valence-electron chi connectivity index (χ0n) is 17.1. The van der Waals surface area contributed by atoms with E-state index >= 15 is 0 Å². The fourth-order valence-corrected chi connectivity index (χ4v) is 5.63. The van der Waals surface area contributed by atoms with Crippen molar-refractivity contribution in [2.45, 2.75) is 17.7 Å². The molecular weight excluding hydrogens is 440 g/mol. The number of amides is 1. The Morgan fingerprint density at radius 2 is 1.81 bits per heavy atom. The van der Waals surface area contributed by atoms with Gasteiger partial charge < -0.3 is 0 Å². The summed E-state index contributed by atoms with van der Waals surface area (Å²) in [5, 5.41) is 5.20. The highest BCUT2D eigenvalue weighted by atomic mass is 32.2. The van der Waals surface area contributed by atoms with Gasteiger partial charge in [-0.2, -0.15) is 0 Å². The van der Waals surface area contributed by atoms with Crippen LogP contribution in [-0.4, -0.2) is 26.6 Å². The molecule has 0 saturated carbocycles. The van der Waals surface area contributed by atoms with Crippen LogP contribution in [0.25, 0.3) is 11.4 Å². The van der Waals surface area contributed by atoms with E-state index in [1.54, 1.807) is 30.5 Å². The second-order valence-electron chi connectivity index (χ2n) is 7.31. The van der Waals surface area contributed by atoms with Crippen LogP contribution in [0.2, 0.25) is 0 Å². The van der Waals surface area contributed by atoms with Crippen LogP contribution < -0.4 is 9.62 Å². The van der Waals surface area contributed by atoms with Crippen molar-refractivity contribution >= 4 is 39.0 Å². The van der Waals surface area contributed by atoms with Crippen molar-refractivity contribution in [2.75, 3.05) is 16.2 Å². The Morgan fingerprint density at radius 3 is 2.62 bits per heavy atom. The maximum absolute atomic E-state index is 13.2. The zero-order chi connectivity index (χ0) is 21.9. The molecule has 3 heterocycles. The molecule has 0 bridgehead atoms. The Hall–Kier alpha value is -3.36. The molecule has 6 nitrogen and oxygen atoms in total. The topological polar surface area (TPSA) is 75.2 Å². The van der Waals surface area contributed by atoms with Crippen molar-refractivity contribution in [3.05, 3.63) is 89.4 Å². The van der Waals surface area contributed by atoms with Gasteiger partial charge in [0.25, 0.3) is 5.91 Å². The lowest BCUT2D eigenvalue weighted by molar-refractivity contribution is 0.102. The van der Waals surface area contributed by atoms with Crippen molar-refractivity contribution in [1.29, 1.82) is 0 Å². The number of anilines is 2. The van der Waals surface area contributed by atoms with Crippen LogP contribution in [0.3, 0.4) is 0 Å². The van der Waals surface area contributed by atoms with Gasteiger partial charge in [0.05, 0.1) is 16.3 Å². The van der Waals surface area contributed by atoms with E-state index in [0.717, 1.165) is 36.5 Å². The van der Waals surface area contributed by atoms with Gasteiger partial charge in [-0.15, -0.1) is 11.3 Å². The predicted molar refractivity (Wildman–Crippen MR) is 128 cm³/mol. The van der Waals surface area contributed by atoms with Gasteiger partial charge >= 0.3 is 0 Å². The minimum Gasteiger partial charge on any atom is -0.298 e. The number of nitrogens with zero attached hydrogens (tertiary/aromatic N) is 3. The molecule has 1 aliphatic rings. The van der Waals surface area contributed by atoms with Crippen LogP contribution >= 0.6 is 11.3 Å². The number of pyridine rings is 1. The van der Waals surface area contributed by atoms with Gasteiger partial charge in [-0.05, 0) is 60.9 Å². The lowest BCUT2D eigenvalue weighted by atomic mass is 10.0. The van der Waals surface area contributed by atoms with Gasteiger partial charge in [0.2, 0.25) is 0 Å². The molecule has 32 heavy (non-hydrogen) atoms. The fraction of sp³-hybridized carbons (Fsp3) is 0.125. The summed E-state index contributed by atoms with van der Waals surface area (Å²) in [4.78, 5) is 22.1. The SMILES string of the molecule is O=C(Nc1nc(-c2ccccn2)cs1)c1ccc(S(=O)N2CCCc3ccccc32)cc1. The third-order valence-corrected chi connectivity index (χ3v) is 7.45. The quantitative estimate of drug-likeness (QED) is 0.458. The van der Waals surface area contributed by atoms with Crippen molar-refractivity contribution < 1.29 is 9.00 Å². The molecule has 160 valence electrons. The van der Waals surface area contributed by atoms with Crippen LogP contribution in [0, 0.1) is 0 Å². The van der Waals surface area contributed by atoms with E-state index in [9.17, 15) is 9.00 Å². The number of carbonyl (C=O) groups excluding carboxylic acids is 1. The minimum atomic E-state index is -1.32. The van der Waals surface area contributed by atoms with Crippen molar-refractivity contribution in [2.24, 2.45) is 0 Å². The number of aryl methyl sites for hydroxylation is 1. The van der Waals surface area contributed by atoms with Crippen molar-refractivity contribution in [3.63, 3.8) is 0 Å². The molecule has 8 heteroatoms. The number of nitrogens with one attached hydrogen (secondary N) is 1. The summed E-state index contributed by atoms with van der Waals surface area (Å²) in [5.41, 5.74) is 4.20. The highest BCUT2D eigenvalue weighted by Gasteiger charge is 2.22. The highest BCUT2D eigenvalue weighted by Crippen LogP contribution is 2.30. The van der Waals surface area contributed by atoms with Gasteiger partial charge in [0.1, 0.15) is 5.69 Å². The largest absolute Gasteiger partial charge is 0.298 e. The number of aromatic nitrogens is 2. The number of para-hydroxylation sites is 1. The number of fused-ring (bicyclic) bond motifs is 1. The van der Waals surface area contributed by atoms with Crippen LogP contribution in [0.4, 0.5) is 10.8 Å². The van der Waals surface area contributed by atoms with Gasteiger partial charge in [0.15, 0.2) is 16.1 Å². The molecule has 0 fully saturated rings. The smallest absolute Gasteiger partial charge is 0.257 e. The summed E-state index contributed by atoms with van der Waals surface area (Å²) in [6.07, 6.45) is 3.68. The molecule has 4 aromatic rings. The second-order valence-corrected chi connectivity index (χ2v) is 9.58. The average molecular weight is 461 g/mol. The van der Waals surface area contributed by atoms with E-state index in [-0.39, 0.29) is 5.91 Å². The standard InChI is InChI=1S/C24H20N4O2S2/c29-23(27-24-26-21(16-31-24)20-8-3-4-14-25-20)18-10-12-19(13-11-18)32(30)28-15-5-7-17-6-1-2-9-22(17)28/h1-4,6,8-14,16H,5,7,15H2,(H,26,27,29). The maximum atomic E-state index is 13.2. The number of benzene rings is 2. The first kappa shape index (κ1) is 20.5. The van der Waals surface area contributed by atoms with Crippen molar-refractivity contribution in [1.82, 2.24) is 9.97 Å². The van der Waals surface area contributed by atoms with Gasteiger partial charge in [-0.3, -0.25) is 19.4 Å². The number of hydrogen-bond acceptors (Lipinski definition) is 5. The summed E-state index contributed by atoms with van der Waals surface area (Å²) in [6.45, 7) is 0.745. The Labute approximate surface area is 192 Å². The second kappa shape index (κ2) is 9.02. The number of thiazole rings is 1. The van der Waals surface area contributed by atoms with Crippen LogP contribution in [0.15, 0.2) is 83.2 Å². The molecule has 1 atom stereocenters. The minimum absolute atomic E-state index is 0.257. The normalized spacial score (nSPS) is 13.9. The molecule has 2 aromatic carbocycles. The van der Waals surface area contributed by atoms with Crippen LogP contribution in [-0.2, 0) is 17.4 Å². The summed E-state index contributed by atoms with van der Waals surface area (Å²) in [5.74, 6) is -0.257. The summed E-state index contributed by atoms with van der Waals surface area (Å²) in [6, 6.07) is 20.6. The molecule has 1 aliphatic heterocycles. The third-order valence-electron chi connectivity index (χ3n) is 5.24. The Bertz CT molecular complexity index is 1270. The lowest BCUT2D eigenvalue weighted by Crippen LogP contribution is -2.31. The van der Waals surface area contributed by atoms with Gasteiger partial charge in [0, 0.05) is 23.7 Å². The first-order valence-electron chi connectivity index (χ1n) is 10.2. The molecule has 2 aromatic heterocycles. The molecule has 1 unspecified atom stereocenters. The summed E-state index contributed by atoms with van der Waals surface area (Å²) in [7, 11) is -1.32. The van der Waals surface area contributed by atoms with E-state index < -0.39 is 11.0 Å². The number of rotatable bonds is 5. The molecule has 0 radical (unpaired) electrons. The third kappa shape index (κ3) is 4.19. The summed E-state index contributed by atoms with van der Waals surface area (Å²) < 4.78 is 15.1. The molecule has 0 aliphatic carbocycles. The Morgan fingerprint density at radius 1 is 1.00 bits per heavy atom. The van der Waals surface area contributed by atoms with E-state index in [2.05, 4.69) is 21.4 Å². The first-order chi connectivity index (χ1) is 15.7. The van der Waals surface area contributed by atoms with Crippen LogP contribution in [0.5, 0.6) is 0 Å². The van der Waals surface area contributed by atoms with E-state index in [4.69, 9.17) is 0 Å². The first-order valence-corrected chi connectivity index (χ1v) is 12.2. The Balaban J connectivity index is 1.28. The number of hydrogen-bond donors (Lipinski definition) is 1. The zero-order valence-corrected chi connectivity index (χ0v) is 18.7. The molecule has 0 spiro atoms. The fourth-order valence-electron chi connectivity index (χ4n) is 3.65. The van der Waals surface area contributed by atoms with Crippen molar-refractivity contribution in [3.8, 4) is 11.4 Å². The Kier molecular flexibility index (Phi) is 5.79. The van der Waals surface area contributed by atoms with Crippen LogP contribution in [0.1, 0.15) is 22.3 Å². The predicted octanol–water partition coefficient (Wildman–Crippen LogP) is 4.93. The molecule has 1 N–H and O–H groups in total. The molecule has 1 amide bonds. The maximum Gasteiger partial charge on any atom is 0.257 e. The lowest BCUT2D eigenvalue weighted by Gasteiger charge is -2.29. The molecular formula is C24H20N4O2S2. The van der Waals surface area contributed by atoms with Gasteiger partial charge in [-0.1, -0.05) is 24.3 Å². The summed E-state index contributed by atoms with van der Waals surface area (Å²) >= 11 is 1.35. The van der Waals surface area contributed by atoms with Gasteiger partial charge in [-0.25, -0.2) is 9.19 Å². The van der Waals surface area contributed by atoms with E-state index in [1.165, 1.54) is 16.9 Å². The molecule has 0 saturated heterocycles. The highest BCUT2D eigenvalue weighted by molar-refractivity contribution is 7.86. The van der Waals surface area contributed by atoms with E-state index in [1.807, 2.05) is 46.1 Å². The number of carbonyl (C=O) groups is 1. The average Bonchev–Trinajstić information content (AvgIpc) is 3.32.